The van der Waals surface area contributed by atoms with Gasteiger partial charge in [0.2, 0.25) is 5.89 Å². The summed E-state index contributed by atoms with van der Waals surface area (Å²) in [6.45, 7) is 1.81. The molecule has 0 bridgehead atoms. The Labute approximate surface area is 164 Å². The highest BCUT2D eigenvalue weighted by Crippen LogP contribution is 2.21. The molecule has 2 aromatic carbocycles. The summed E-state index contributed by atoms with van der Waals surface area (Å²) >= 11 is 1.43. The van der Waals surface area contributed by atoms with Crippen molar-refractivity contribution in [1.29, 1.82) is 0 Å². The zero-order chi connectivity index (χ0) is 19.7. The average molecular weight is 391 g/mol. The minimum Gasteiger partial charge on any atom is -0.407 e. The molecule has 2 aromatic heterocycles. The predicted octanol–water partition coefficient (Wildman–Crippen LogP) is 3.87. The van der Waals surface area contributed by atoms with Gasteiger partial charge in [-0.2, -0.15) is 0 Å². The molecule has 0 aliphatic carbocycles. The van der Waals surface area contributed by atoms with Gasteiger partial charge < -0.3 is 9.52 Å². The first-order chi connectivity index (χ1) is 13.5. The quantitative estimate of drug-likeness (QED) is 0.522. The summed E-state index contributed by atoms with van der Waals surface area (Å²) in [7, 11) is 0. The lowest BCUT2D eigenvalue weighted by Crippen LogP contribution is -2.05. The minimum absolute atomic E-state index is 0.0514. The van der Waals surface area contributed by atoms with E-state index >= 15 is 0 Å². The van der Waals surface area contributed by atoms with Gasteiger partial charge in [0.15, 0.2) is 5.78 Å². The summed E-state index contributed by atoms with van der Waals surface area (Å²) in [6.07, 6.45) is 0.377. The topological polar surface area (TPSA) is 80.4 Å². The molecule has 0 spiro atoms. The molecular weight excluding hydrogens is 374 g/mol. The first-order valence-electron chi connectivity index (χ1n) is 8.76. The standard InChI is InChI=1S/C22H17NO4S/c1-13-12-28-21-19(13)22(26)27-18(23-21)10-14-2-6-16(7-3-14)20(25)17-8-4-15(11-24)5-9-17/h2-9,12,24H,10-11H2,1H3. The molecule has 2 heterocycles. The maximum Gasteiger partial charge on any atom is 0.348 e. The van der Waals surface area contributed by atoms with E-state index in [0.717, 1.165) is 16.7 Å². The van der Waals surface area contributed by atoms with Gasteiger partial charge >= 0.3 is 5.63 Å². The van der Waals surface area contributed by atoms with Crippen LogP contribution in [0.25, 0.3) is 10.2 Å². The van der Waals surface area contributed by atoms with E-state index in [1.165, 1.54) is 11.3 Å². The second-order valence-electron chi connectivity index (χ2n) is 6.55. The number of aliphatic hydroxyl groups is 1. The van der Waals surface area contributed by atoms with Crippen molar-refractivity contribution in [3.05, 3.63) is 98.0 Å². The van der Waals surface area contributed by atoms with Gasteiger partial charge in [-0.25, -0.2) is 9.78 Å². The van der Waals surface area contributed by atoms with Gasteiger partial charge in [0.25, 0.3) is 0 Å². The number of ketones is 1. The monoisotopic (exact) mass is 391 g/mol. The van der Waals surface area contributed by atoms with E-state index in [9.17, 15) is 9.59 Å². The minimum atomic E-state index is -0.364. The number of hydrogen-bond acceptors (Lipinski definition) is 6. The number of nitrogens with zero attached hydrogens (tertiary/aromatic N) is 1. The molecule has 0 unspecified atom stereocenters. The maximum atomic E-state index is 12.6. The fourth-order valence-electron chi connectivity index (χ4n) is 3.01. The van der Waals surface area contributed by atoms with Gasteiger partial charge in [0, 0.05) is 17.5 Å². The highest BCUT2D eigenvalue weighted by molar-refractivity contribution is 7.16. The summed E-state index contributed by atoms with van der Waals surface area (Å²) in [4.78, 5) is 29.9. The van der Waals surface area contributed by atoms with E-state index in [2.05, 4.69) is 4.98 Å². The fraction of sp³-hybridized carbons (Fsp3) is 0.136. The highest BCUT2D eigenvalue weighted by atomic mass is 32.1. The van der Waals surface area contributed by atoms with E-state index in [0.29, 0.717) is 33.7 Å². The number of carbonyl (C=O) groups excluding carboxylic acids is 1. The number of aryl methyl sites for hydroxylation is 1. The maximum absolute atomic E-state index is 12.6. The van der Waals surface area contributed by atoms with E-state index in [1.54, 1.807) is 36.4 Å². The van der Waals surface area contributed by atoms with E-state index in [4.69, 9.17) is 9.52 Å². The second-order valence-corrected chi connectivity index (χ2v) is 7.41. The van der Waals surface area contributed by atoms with Crippen LogP contribution in [0.4, 0.5) is 0 Å². The largest absolute Gasteiger partial charge is 0.407 e. The Morgan fingerprint density at radius 3 is 2.25 bits per heavy atom. The Balaban J connectivity index is 1.54. The molecular formula is C22H17NO4S. The van der Waals surface area contributed by atoms with Crippen molar-refractivity contribution in [3.8, 4) is 0 Å². The summed E-state index contributed by atoms with van der Waals surface area (Å²) < 4.78 is 5.36. The molecule has 0 amide bonds. The molecule has 4 aromatic rings. The molecule has 1 N–H and O–H groups in total. The van der Waals surface area contributed by atoms with Gasteiger partial charge in [-0.1, -0.05) is 48.5 Å². The molecule has 0 aliphatic heterocycles. The summed E-state index contributed by atoms with van der Waals surface area (Å²) in [5, 5.41) is 11.5. The second kappa shape index (κ2) is 7.50. The zero-order valence-electron chi connectivity index (χ0n) is 15.1. The molecule has 4 rings (SSSR count). The molecule has 5 nitrogen and oxygen atoms in total. The van der Waals surface area contributed by atoms with Crippen molar-refractivity contribution >= 4 is 27.3 Å². The van der Waals surface area contributed by atoms with Crippen LogP contribution >= 0.6 is 11.3 Å². The number of fused-ring (bicyclic) bond motifs is 1. The van der Waals surface area contributed by atoms with Crippen LogP contribution < -0.4 is 5.63 Å². The lowest BCUT2D eigenvalue weighted by molar-refractivity contribution is 0.103. The Hall–Kier alpha value is -3.09. The zero-order valence-corrected chi connectivity index (χ0v) is 16.0. The van der Waals surface area contributed by atoms with E-state index in [-0.39, 0.29) is 18.0 Å². The number of aromatic nitrogens is 1. The number of carbonyl (C=O) groups is 1. The van der Waals surface area contributed by atoms with Gasteiger partial charge in [0.1, 0.15) is 4.83 Å². The lowest BCUT2D eigenvalue weighted by atomic mass is 10.0. The SMILES string of the molecule is Cc1csc2nc(Cc3ccc(C(=O)c4ccc(CO)cc4)cc3)oc(=O)c12. The van der Waals surface area contributed by atoms with Crippen molar-refractivity contribution < 1.29 is 14.3 Å². The van der Waals surface area contributed by atoms with Crippen LogP contribution in [-0.2, 0) is 13.0 Å². The van der Waals surface area contributed by atoms with Crippen LogP contribution in [0.3, 0.4) is 0 Å². The van der Waals surface area contributed by atoms with Crippen molar-refractivity contribution in [2.45, 2.75) is 20.0 Å². The Morgan fingerprint density at radius 1 is 1.04 bits per heavy atom. The molecule has 0 atom stereocenters. The van der Waals surface area contributed by atoms with Crippen LogP contribution in [0.15, 0.2) is 63.1 Å². The summed E-state index contributed by atoms with van der Waals surface area (Å²) in [5.41, 5.74) is 3.31. The van der Waals surface area contributed by atoms with Crippen molar-refractivity contribution in [3.63, 3.8) is 0 Å². The molecule has 6 heteroatoms. The smallest absolute Gasteiger partial charge is 0.348 e. The molecule has 0 radical (unpaired) electrons. The summed E-state index contributed by atoms with van der Waals surface area (Å²) in [6, 6.07) is 14.1. The molecule has 0 aliphatic rings. The average Bonchev–Trinajstić information content (AvgIpc) is 3.09. The van der Waals surface area contributed by atoms with Crippen molar-refractivity contribution in [1.82, 2.24) is 4.98 Å². The number of aliphatic hydroxyl groups excluding tert-OH is 1. The molecule has 0 fully saturated rings. The third kappa shape index (κ3) is 3.52. The van der Waals surface area contributed by atoms with Crippen molar-refractivity contribution in [2.24, 2.45) is 0 Å². The highest BCUT2D eigenvalue weighted by Gasteiger charge is 2.12. The first-order valence-corrected chi connectivity index (χ1v) is 9.64. The normalized spacial score (nSPS) is 11.1. The third-order valence-corrected chi connectivity index (χ3v) is 5.56. The number of rotatable bonds is 5. The van der Waals surface area contributed by atoms with Crippen LogP contribution in [-0.4, -0.2) is 15.9 Å². The third-order valence-electron chi connectivity index (χ3n) is 4.57. The number of thiophene rings is 1. The lowest BCUT2D eigenvalue weighted by Gasteiger charge is -2.05. The van der Waals surface area contributed by atoms with Gasteiger partial charge in [0.05, 0.1) is 12.0 Å². The van der Waals surface area contributed by atoms with E-state index in [1.807, 2.05) is 24.4 Å². The first kappa shape index (κ1) is 18.3. The molecule has 0 saturated carbocycles. The van der Waals surface area contributed by atoms with Gasteiger partial charge in [-0.05, 0) is 29.0 Å². The number of benzene rings is 2. The van der Waals surface area contributed by atoms with Crippen LogP contribution in [0.2, 0.25) is 0 Å². The predicted molar refractivity (Wildman–Crippen MR) is 108 cm³/mol. The molecule has 0 saturated heterocycles. The fourth-order valence-corrected chi connectivity index (χ4v) is 3.93. The molecule has 28 heavy (non-hydrogen) atoms. The van der Waals surface area contributed by atoms with Crippen LogP contribution in [0.5, 0.6) is 0 Å². The van der Waals surface area contributed by atoms with Gasteiger partial charge in [-0.15, -0.1) is 11.3 Å². The van der Waals surface area contributed by atoms with E-state index < -0.39 is 0 Å². The molecule has 140 valence electrons. The van der Waals surface area contributed by atoms with Gasteiger partial charge in [-0.3, -0.25) is 4.79 Å². The Bertz CT molecular complexity index is 1200. The number of hydrogen-bond donors (Lipinski definition) is 1. The Morgan fingerprint density at radius 2 is 1.64 bits per heavy atom. The van der Waals surface area contributed by atoms with Crippen molar-refractivity contribution in [2.75, 3.05) is 0 Å². The Kier molecular flexibility index (Phi) is 4.90. The van der Waals surface area contributed by atoms with Crippen LogP contribution in [0.1, 0.15) is 38.5 Å². The van der Waals surface area contributed by atoms with Crippen LogP contribution in [0, 0.1) is 6.92 Å². The summed E-state index contributed by atoms with van der Waals surface area (Å²) in [5.74, 6) is 0.272.